The normalized spacial score (nSPS) is 29.9. The summed E-state index contributed by atoms with van der Waals surface area (Å²) in [6.07, 6.45) is 3.40. The molecule has 0 N–H and O–H groups in total. The summed E-state index contributed by atoms with van der Waals surface area (Å²) in [5.41, 5.74) is 4.38. The summed E-state index contributed by atoms with van der Waals surface area (Å²) in [5.74, 6) is -3.33. The molecule has 0 saturated heterocycles. The largest absolute Gasteiger partial charge is 0.392 e. The fourth-order valence-electron chi connectivity index (χ4n) is 5.81. The van der Waals surface area contributed by atoms with Crippen molar-refractivity contribution in [1.82, 2.24) is 9.78 Å². The smallest absolute Gasteiger partial charge is 0.303 e. The minimum atomic E-state index is -4.37. The van der Waals surface area contributed by atoms with Crippen LogP contribution in [-0.2, 0) is 11.2 Å². The summed E-state index contributed by atoms with van der Waals surface area (Å²) < 4.78 is 55.6. The molecule has 1 aromatic carbocycles. The van der Waals surface area contributed by atoms with Gasteiger partial charge in [-0.15, -0.1) is 0 Å². The van der Waals surface area contributed by atoms with Gasteiger partial charge in [-0.25, -0.2) is 9.07 Å². The first kappa shape index (κ1) is 20.2. The zero-order valence-electron chi connectivity index (χ0n) is 17.0. The van der Waals surface area contributed by atoms with Gasteiger partial charge in [0, 0.05) is 11.3 Å². The molecule has 1 heterocycles. The van der Waals surface area contributed by atoms with Gasteiger partial charge in [-0.05, 0) is 67.5 Å². The Bertz CT molecular complexity index is 1100. The maximum Gasteiger partial charge on any atom is 0.392 e. The molecule has 1 saturated carbocycles. The fourth-order valence-corrected chi connectivity index (χ4v) is 5.81. The van der Waals surface area contributed by atoms with Crippen molar-refractivity contribution in [3.8, 4) is 5.69 Å². The Morgan fingerprint density at radius 1 is 1.23 bits per heavy atom. The first-order valence-corrected chi connectivity index (χ1v) is 10.5. The highest BCUT2D eigenvalue weighted by Gasteiger charge is 2.54. The van der Waals surface area contributed by atoms with Crippen LogP contribution >= 0.6 is 0 Å². The molecule has 3 aliphatic rings. The Balaban J connectivity index is 1.54. The summed E-state index contributed by atoms with van der Waals surface area (Å²) in [6.45, 7) is 2.07. The molecule has 7 heteroatoms. The van der Waals surface area contributed by atoms with Crippen molar-refractivity contribution in [2.24, 2.45) is 23.2 Å². The third-order valence-corrected chi connectivity index (χ3v) is 7.38. The van der Waals surface area contributed by atoms with Crippen molar-refractivity contribution in [3.63, 3.8) is 0 Å². The molecule has 2 aromatic rings. The number of allylic oxidation sites excluding steroid dienone is 3. The second kappa shape index (κ2) is 6.90. The lowest BCUT2D eigenvalue weighted by atomic mass is 9.54. The number of hydrogen-bond acceptors (Lipinski definition) is 2. The molecule has 3 nitrogen and oxygen atoms in total. The van der Waals surface area contributed by atoms with Crippen molar-refractivity contribution >= 4 is 12.4 Å². The van der Waals surface area contributed by atoms with Crippen molar-refractivity contribution in [2.75, 3.05) is 0 Å². The second-order valence-electron chi connectivity index (χ2n) is 9.02. The fraction of sp³-hybridized carbons (Fsp3) is 0.417. The van der Waals surface area contributed by atoms with E-state index < -0.39 is 23.4 Å². The number of benzene rings is 1. The van der Waals surface area contributed by atoms with Crippen LogP contribution in [0.4, 0.5) is 17.6 Å². The van der Waals surface area contributed by atoms with E-state index in [1.165, 1.54) is 12.1 Å². The molecule has 0 aliphatic heterocycles. The van der Waals surface area contributed by atoms with Crippen LogP contribution in [0.2, 0.25) is 0 Å². The van der Waals surface area contributed by atoms with Gasteiger partial charge in [-0.2, -0.15) is 18.3 Å². The zero-order valence-corrected chi connectivity index (χ0v) is 17.0. The van der Waals surface area contributed by atoms with Crippen molar-refractivity contribution < 1.29 is 22.4 Å². The molecule has 0 spiro atoms. The lowest BCUT2D eigenvalue weighted by molar-refractivity contribution is -0.193. The van der Waals surface area contributed by atoms with E-state index in [9.17, 15) is 22.4 Å². The topological polar surface area (TPSA) is 34.9 Å². The average Bonchev–Trinajstić information content (AvgIpc) is 3.13. The highest BCUT2D eigenvalue weighted by molar-refractivity contribution is 5.65. The average molecular weight is 430 g/mol. The Morgan fingerprint density at radius 2 is 1.97 bits per heavy atom. The minimum absolute atomic E-state index is 0.149. The number of hydrogen-bond donors (Lipinski definition) is 0. The van der Waals surface area contributed by atoms with Crippen LogP contribution in [-0.4, -0.2) is 22.2 Å². The Kier molecular flexibility index (Phi) is 4.50. The van der Waals surface area contributed by atoms with Gasteiger partial charge in [0.05, 0.1) is 23.5 Å². The van der Waals surface area contributed by atoms with E-state index in [4.69, 9.17) is 0 Å². The Labute approximate surface area is 177 Å². The molecule has 162 valence electrons. The molecule has 4 atom stereocenters. The predicted molar refractivity (Wildman–Crippen MR) is 108 cm³/mol. The maximum absolute atomic E-state index is 13.5. The van der Waals surface area contributed by atoms with Crippen LogP contribution in [0.25, 0.3) is 11.8 Å². The van der Waals surface area contributed by atoms with Crippen LogP contribution in [0.15, 0.2) is 47.7 Å². The zero-order chi connectivity index (χ0) is 22.0. The maximum atomic E-state index is 13.5. The monoisotopic (exact) mass is 430 g/mol. The van der Waals surface area contributed by atoms with E-state index in [1.807, 2.05) is 0 Å². The summed E-state index contributed by atoms with van der Waals surface area (Å²) in [7, 11) is 0. The van der Waals surface area contributed by atoms with Gasteiger partial charge in [-0.3, -0.25) is 0 Å². The van der Waals surface area contributed by atoms with Crippen LogP contribution in [0.3, 0.4) is 0 Å². The summed E-state index contributed by atoms with van der Waals surface area (Å²) >= 11 is 0. The van der Waals surface area contributed by atoms with Crippen LogP contribution in [0, 0.1) is 29.0 Å². The van der Waals surface area contributed by atoms with E-state index in [0.717, 1.165) is 28.1 Å². The van der Waals surface area contributed by atoms with Gasteiger partial charge in [0.25, 0.3) is 0 Å². The van der Waals surface area contributed by atoms with E-state index in [-0.39, 0.29) is 18.2 Å². The van der Waals surface area contributed by atoms with Crippen molar-refractivity contribution in [2.45, 2.75) is 38.8 Å². The number of aldehydes is 1. The summed E-state index contributed by atoms with van der Waals surface area (Å²) in [6, 6.07) is 6.11. The third kappa shape index (κ3) is 3.08. The van der Waals surface area contributed by atoms with E-state index in [2.05, 4.69) is 18.1 Å². The van der Waals surface area contributed by atoms with Crippen molar-refractivity contribution in [3.05, 3.63) is 64.8 Å². The van der Waals surface area contributed by atoms with Crippen LogP contribution in [0.5, 0.6) is 0 Å². The quantitative estimate of drug-likeness (QED) is 0.349. The van der Waals surface area contributed by atoms with Gasteiger partial charge in [0.15, 0.2) is 0 Å². The van der Waals surface area contributed by atoms with Crippen molar-refractivity contribution in [1.29, 1.82) is 0 Å². The summed E-state index contributed by atoms with van der Waals surface area (Å²) in [5, 5.41) is 4.49. The van der Waals surface area contributed by atoms with E-state index in [0.29, 0.717) is 25.5 Å². The number of alkyl halides is 3. The van der Waals surface area contributed by atoms with Gasteiger partial charge >= 0.3 is 6.18 Å². The molecule has 1 aromatic heterocycles. The van der Waals surface area contributed by atoms with Gasteiger partial charge in [0.2, 0.25) is 0 Å². The van der Waals surface area contributed by atoms with Crippen LogP contribution in [0.1, 0.15) is 37.4 Å². The molecule has 0 radical (unpaired) electrons. The number of halogens is 4. The van der Waals surface area contributed by atoms with E-state index >= 15 is 0 Å². The number of rotatable bonds is 2. The summed E-state index contributed by atoms with van der Waals surface area (Å²) in [4.78, 5) is 11.7. The lowest BCUT2D eigenvalue weighted by Gasteiger charge is -2.50. The number of carbonyl (C=O) groups is 1. The predicted octanol–water partition coefficient (Wildman–Crippen LogP) is 5.69. The van der Waals surface area contributed by atoms with Gasteiger partial charge in [0.1, 0.15) is 12.1 Å². The third-order valence-electron chi connectivity index (χ3n) is 7.38. The van der Waals surface area contributed by atoms with Gasteiger partial charge < -0.3 is 4.79 Å². The molecule has 1 unspecified atom stereocenters. The first-order chi connectivity index (χ1) is 14.7. The minimum Gasteiger partial charge on any atom is -0.303 e. The molecule has 5 rings (SSSR count). The highest BCUT2D eigenvalue weighted by Crippen LogP contribution is 2.58. The first-order valence-electron chi connectivity index (χ1n) is 10.5. The molecule has 3 aliphatic carbocycles. The Morgan fingerprint density at radius 3 is 2.65 bits per heavy atom. The number of fused-ring (bicyclic) bond motifs is 4. The number of nitrogens with zero attached hydrogens (tertiary/aromatic N) is 2. The molecule has 0 bridgehead atoms. The number of aromatic nitrogens is 2. The standard InChI is InChI=1S/C24H22F4N2O/c1-23-11-14-12-29-30(17-5-3-16(25)4-6-17)22(14)10-15(23)2-7-18-19(13-31)21(24(26,27)28)9-8-20(18)23/h3-6,8,10,12-13,18-19,21H,2,7,9,11H2,1H3/t18-,19-,21?,23+/m1/s1. The van der Waals surface area contributed by atoms with Gasteiger partial charge in [-0.1, -0.05) is 24.1 Å². The second-order valence-corrected chi connectivity index (χ2v) is 9.02. The molecular weight excluding hydrogens is 408 g/mol. The SMILES string of the molecule is C[C@]12Cc3cnn(-c4ccc(F)cc4)c3C=C1CC[C@H]1C2=CCC(C(F)(F)F)[C@@H]1C=O. The molecule has 1 fully saturated rings. The van der Waals surface area contributed by atoms with Crippen LogP contribution < -0.4 is 0 Å². The number of carbonyl (C=O) groups excluding carboxylic acids is 1. The lowest BCUT2D eigenvalue weighted by Crippen LogP contribution is -2.45. The molecule has 0 amide bonds. The highest BCUT2D eigenvalue weighted by atomic mass is 19.4. The Hall–Kier alpha value is -2.70. The van der Waals surface area contributed by atoms with E-state index in [1.54, 1.807) is 29.1 Å². The molecule has 31 heavy (non-hydrogen) atoms. The molecular formula is C24H22F4N2O.